The highest BCUT2D eigenvalue weighted by Crippen LogP contribution is 2.38. The highest BCUT2D eigenvalue weighted by atomic mass is 35.5. The maximum absolute atomic E-state index is 11.9. The van der Waals surface area contributed by atoms with Gasteiger partial charge < -0.3 is 14.4 Å². The molecule has 1 aromatic rings. The van der Waals surface area contributed by atoms with Gasteiger partial charge in [-0.3, -0.25) is 0 Å². The Morgan fingerprint density at radius 1 is 1.35 bits per heavy atom. The Balaban J connectivity index is 0.00000200. The lowest BCUT2D eigenvalue weighted by Crippen LogP contribution is -2.60. The van der Waals surface area contributed by atoms with Crippen molar-refractivity contribution in [2.75, 3.05) is 0 Å². The van der Waals surface area contributed by atoms with E-state index in [0.29, 0.717) is 12.8 Å². The summed E-state index contributed by atoms with van der Waals surface area (Å²) in [5.41, 5.74) is -0.869. The van der Waals surface area contributed by atoms with Crippen molar-refractivity contribution in [2.24, 2.45) is 0 Å². The van der Waals surface area contributed by atoms with E-state index in [1.54, 1.807) is 12.1 Å². The van der Waals surface area contributed by atoms with Crippen LogP contribution in [0.15, 0.2) is 22.8 Å². The van der Waals surface area contributed by atoms with Crippen molar-refractivity contribution in [3.8, 4) is 0 Å². The molecule has 0 aromatic carbocycles. The van der Waals surface area contributed by atoms with E-state index in [9.17, 15) is 10.0 Å². The molecule has 0 radical (unpaired) electrons. The Morgan fingerprint density at radius 3 is 2.35 bits per heavy atom. The van der Waals surface area contributed by atoms with E-state index in [4.69, 9.17) is 9.15 Å². The third kappa shape index (κ3) is 3.34. The molecule has 5 nitrogen and oxygen atoms in total. The summed E-state index contributed by atoms with van der Waals surface area (Å²) in [6.45, 7) is 7.73. The second-order valence-corrected chi connectivity index (χ2v) is 6.35. The van der Waals surface area contributed by atoms with Crippen LogP contribution in [0.5, 0.6) is 0 Å². The van der Waals surface area contributed by atoms with Gasteiger partial charge in [-0.15, -0.1) is 12.4 Å². The molecule has 114 valence electrons. The molecule has 6 heteroatoms. The second kappa shape index (κ2) is 5.76. The summed E-state index contributed by atoms with van der Waals surface area (Å²) in [4.78, 5) is 11.9. The van der Waals surface area contributed by atoms with Crippen LogP contribution in [-0.4, -0.2) is 33.4 Å². The van der Waals surface area contributed by atoms with Gasteiger partial charge >= 0.3 is 5.97 Å². The average Bonchev–Trinajstić information content (AvgIpc) is 2.78. The SMILES string of the molecule is CC1(C)CC(OC(=O)c2ccco2)CC(C)(C)N1O.Cl. The molecule has 0 aliphatic carbocycles. The molecule has 0 atom stereocenters. The zero-order valence-corrected chi connectivity index (χ0v) is 13.1. The number of carbonyl (C=O) groups excluding carboxylic acids is 1. The predicted octanol–water partition coefficient (Wildman–Crippen LogP) is 3.27. The minimum absolute atomic E-state index is 0. The van der Waals surface area contributed by atoms with E-state index in [-0.39, 0.29) is 24.3 Å². The number of esters is 1. The van der Waals surface area contributed by atoms with E-state index < -0.39 is 17.0 Å². The fourth-order valence-electron chi connectivity index (χ4n) is 2.87. The van der Waals surface area contributed by atoms with Crippen molar-refractivity contribution in [1.82, 2.24) is 5.06 Å². The standard InChI is InChI=1S/C14H21NO4.ClH/c1-13(2)8-10(9-14(3,4)15(13)17)19-12(16)11-6-5-7-18-11;/h5-7,10,17H,8-9H2,1-4H3;1H. The molecule has 1 fully saturated rings. The molecule has 1 aliphatic heterocycles. The molecule has 0 saturated carbocycles. The van der Waals surface area contributed by atoms with Crippen LogP contribution < -0.4 is 0 Å². The number of rotatable bonds is 2. The molecule has 0 unspecified atom stereocenters. The van der Waals surface area contributed by atoms with E-state index in [1.165, 1.54) is 11.3 Å². The van der Waals surface area contributed by atoms with Gasteiger partial charge in [0.2, 0.25) is 5.76 Å². The Morgan fingerprint density at radius 2 is 1.90 bits per heavy atom. The normalized spacial score (nSPS) is 22.1. The number of hydrogen-bond donors (Lipinski definition) is 1. The first-order valence-corrected chi connectivity index (χ1v) is 6.46. The van der Waals surface area contributed by atoms with Crippen LogP contribution in [0.1, 0.15) is 51.1 Å². The Labute approximate surface area is 125 Å². The molecule has 1 aromatic heterocycles. The van der Waals surface area contributed by atoms with Crippen molar-refractivity contribution < 1.29 is 19.2 Å². The highest BCUT2D eigenvalue weighted by Gasteiger charge is 2.46. The molecule has 20 heavy (non-hydrogen) atoms. The summed E-state index contributed by atoms with van der Waals surface area (Å²) in [5, 5.41) is 11.5. The van der Waals surface area contributed by atoms with Crippen molar-refractivity contribution in [3.05, 3.63) is 24.2 Å². The maximum atomic E-state index is 11.9. The summed E-state index contributed by atoms with van der Waals surface area (Å²) in [6, 6.07) is 3.24. The molecule has 2 heterocycles. The van der Waals surface area contributed by atoms with Gasteiger partial charge in [0.25, 0.3) is 0 Å². The lowest BCUT2D eigenvalue weighted by atomic mass is 9.80. The third-order valence-electron chi connectivity index (χ3n) is 3.60. The average molecular weight is 304 g/mol. The summed E-state index contributed by atoms with van der Waals surface area (Å²) in [7, 11) is 0. The summed E-state index contributed by atoms with van der Waals surface area (Å²) in [6.07, 6.45) is 2.38. The molecule has 0 amide bonds. The zero-order valence-electron chi connectivity index (χ0n) is 12.3. The molecule has 0 spiro atoms. The van der Waals surface area contributed by atoms with Crippen molar-refractivity contribution in [2.45, 2.75) is 57.7 Å². The first-order valence-electron chi connectivity index (χ1n) is 6.46. The fraction of sp³-hybridized carbons (Fsp3) is 0.643. The van der Waals surface area contributed by atoms with Crippen LogP contribution in [0.2, 0.25) is 0 Å². The minimum atomic E-state index is -0.451. The molecule has 0 bridgehead atoms. The van der Waals surface area contributed by atoms with Crippen molar-refractivity contribution in [3.63, 3.8) is 0 Å². The van der Waals surface area contributed by atoms with Gasteiger partial charge in [-0.2, -0.15) is 5.06 Å². The van der Waals surface area contributed by atoms with Crippen LogP contribution in [0.3, 0.4) is 0 Å². The smallest absolute Gasteiger partial charge is 0.374 e. The van der Waals surface area contributed by atoms with E-state index in [0.717, 1.165) is 0 Å². The van der Waals surface area contributed by atoms with E-state index in [1.807, 2.05) is 27.7 Å². The maximum Gasteiger partial charge on any atom is 0.374 e. The number of piperidine rings is 1. The largest absolute Gasteiger partial charge is 0.457 e. The molecule has 1 N–H and O–H groups in total. The van der Waals surface area contributed by atoms with Crippen molar-refractivity contribution >= 4 is 18.4 Å². The van der Waals surface area contributed by atoms with Gasteiger partial charge in [-0.05, 0) is 39.8 Å². The van der Waals surface area contributed by atoms with Gasteiger partial charge in [0.15, 0.2) is 0 Å². The van der Waals surface area contributed by atoms with E-state index in [2.05, 4.69) is 0 Å². The molecular weight excluding hydrogens is 282 g/mol. The summed E-state index contributed by atoms with van der Waals surface area (Å²) in [5.74, 6) is -0.241. The lowest BCUT2D eigenvalue weighted by molar-refractivity contribution is -0.256. The lowest BCUT2D eigenvalue weighted by Gasteiger charge is -2.50. The van der Waals surface area contributed by atoms with Crippen LogP contribution in [-0.2, 0) is 4.74 Å². The second-order valence-electron chi connectivity index (χ2n) is 6.35. The fourth-order valence-corrected chi connectivity index (χ4v) is 2.87. The first-order chi connectivity index (χ1) is 8.72. The number of hydrogen-bond acceptors (Lipinski definition) is 5. The summed E-state index contributed by atoms with van der Waals surface area (Å²) < 4.78 is 10.5. The quantitative estimate of drug-likeness (QED) is 0.850. The van der Waals surface area contributed by atoms with Gasteiger partial charge in [0.05, 0.1) is 6.26 Å². The first kappa shape index (κ1) is 17.0. The van der Waals surface area contributed by atoms with Gasteiger partial charge in [0, 0.05) is 23.9 Å². The van der Waals surface area contributed by atoms with Crippen LogP contribution in [0, 0.1) is 0 Å². The number of hydroxylamine groups is 2. The van der Waals surface area contributed by atoms with Gasteiger partial charge in [-0.25, -0.2) is 4.79 Å². The number of furan rings is 1. The van der Waals surface area contributed by atoms with Gasteiger partial charge in [0.1, 0.15) is 6.10 Å². The molecule has 1 saturated heterocycles. The molecule has 1 aliphatic rings. The van der Waals surface area contributed by atoms with Crippen molar-refractivity contribution in [1.29, 1.82) is 0 Å². The zero-order chi connectivity index (χ0) is 14.3. The van der Waals surface area contributed by atoms with Crippen LogP contribution in [0.4, 0.5) is 0 Å². The summed E-state index contributed by atoms with van der Waals surface area (Å²) >= 11 is 0. The molecular formula is C14H22ClNO4. The Hall–Kier alpha value is -1.04. The highest BCUT2D eigenvalue weighted by molar-refractivity contribution is 5.86. The minimum Gasteiger partial charge on any atom is -0.457 e. The number of halogens is 1. The van der Waals surface area contributed by atoms with Crippen LogP contribution in [0.25, 0.3) is 0 Å². The van der Waals surface area contributed by atoms with Gasteiger partial charge in [-0.1, -0.05) is 0 Å². The Bertz CT molecular complexity index is 438. The monoisotopic (exact) mass is 303 g/mol. The predicted molar refractivity (Wildman–Crippen MR) is 76.2 cm³/mol. The molecule has 2 rings (SSSR count). The van der Waals surface area contributed by atoms with Crippen LogP contribution >= 0.6 is 12.4 Å². The van der Waals surface area contributed by atoms with E-state index >= 15 is 0 Å². The topological polar surface area (TPSA) is 62.9 Å². The Kier molecular flexibility index (Phi) is 4.90. The third-order valence-corrected chi connectivity index (χ3v) is 3.60. The number of ether oxygens (including phenoxy) is 1. The number of nitrogens with zero attached hydrogens (tertiary/aromatic N) is 1. The number of carbonyl (C=O) groups is 1.